The Morgan fingerprint density at radius 1 is 1.15 bits per heavy atom. The van der Waals surface area contributed by atoms with Crippen molar-refractivity contribution in [2.45, 2.75) is 34.1 Å². The first-order chi connectivity index (χ1) is 9.58. The molecule has 0 bridgehead atoms. The minimum atomic E-state index is 0.627. The van der Waals surface area contributed by atoms with Gasteiger partial charge in [-0.3, -0.25) is 0 Å². The van der Waals surface area contributed by atoms with E-state index in [0.717, 1.165) is 5.56 Å². The van der Waals surface area contributed by atoms with Gasteiger partial charge < -0.3 is 0 Å². The second kappa shape index (κ2) is 6.44. The predicted octanol–water partition coefficient (Wildman–Crippen LogP) is 5.21. The molecule has 102 valence electrons. The van der Waals surface area contributed by atoms with Crippen molar-refractivity contribution in [1.82, 2.24) is 0 Å². The summed E-state index contributed by atoms with van der Waals surface area (Å²) < 4.78 is 0. The third-order valence-electron chi connectivity index (χ3n) is 3.86. The zero-order valence-electron chi connectivity index (χ0n) is 12.8. The van der Waals surface area contributed by atoms with E-state index in [1.54, 1.807) is 0 Å². The van der Waals surface area contributed by atoms with E-state index >= 15 is 0 Å². The van der Waals surface area contributed by atoms with Crippen molar-refractivity contribution in [2.24, 2.45) is 5.92 Å². The average Bonchev–Trinajstić information content (AvgIpc) is 2.41. The third kappa shape index (κ3) is 3.52. The van der Waals surface area contributed by atoms with Gasteiger partial charge >= 0.3 is 0 Å². The van der Waals surface area contributed by atoms with Gasteiger partial charge in [-0.15, -0.1) is 0 Å². The molecule has 0 aromatic heterocycles. The minimum Gasteiger partial charge on any atom is -0.0738 e. The first-order valence-electron chi connectivity index (χ1n) is 7.20. The van der Waals surface area contributed by atoms with E-state index in [1.807, 2.05) is 18.2 Å². The molecule has 2 rings (SSSR count). The van der Waals surface area contributed by atoms with Crippen LogP contribution in [-0.2, 0) is 0 Å². The molecule has 0 spiro atoms. The molecule has 0 N–H and O–H groups in total. The van der Waals surface area contributed by atoms with Crippen molar-refractivity contribution >= 4 is 0 Å². The predicted molar refractivity (Wildman–Crippen MR) is 87.4 cm³/mol. The van der Waals surface area contributed by atoms with Gasteiger partial charge in [0.15, 0.2) is 0 Å². The lowest BCUT2D eigenvalue weighted by atomic mass is 9.87. The summed E-state index contributed by atoms with van der Waals surface area (Å²) in [5.74, 6) is 6.98. The maximum Gasteiger partial charge on any atom is 0.0278 e. The highest BCUT2D eigenvalue weighted by Crippen LogP contribution is 2.28. The molecule has 0 radical (unpaired) electrons. The summed E-state index contributed by atoms with van der Waals surface area (Å²) in [7, 11) is 0. The van der Waals surface area contributed by atoms with Crippen LogP contribution in [0.4, 0.5) is 0 Å². The van der Waals surface area contributed by atoms with Gasteiger partial charge in [-0.05, 0) is 68.0 Å². The molecule has 0 aliphatic heterocycles. The number of allylic oxidation sites excluding steroid dienone is 6. The third-order valence-corrected chi connectivity index (χ3v) is 3.86. The molecule has 1 aromatic carbocycles. The molecular weight excluding hydrogens is 240 g/mol. The monoisotopic (exact) mass is 262 g/mol. The lowest BCUT2D eigenvalue weighted by molar-refractivity contribution is 0.694. The lowest BCUT2D eigenvalue weighted by Gasteiger charge is -2.19. The van der Waals surface area contributed by atoms with Crippen LogP contribution in [-0.4, -0.2) is 0 Å². The average molecular weight is 262 g/mol. The van der Waals surface area contributed by atoms with Crippen molar-refractivity contribution in [3.8, 4) is 11.8 Å². The maximum atomic E-state index is 3.21. The smallest absolute Gasteiger partial charge is 0.0278 e. The molecule has 0 heterocycles. The van der Waals surface area contributed by atoms with E-state index in [9.17, 15) is 0 Å². The zero-order valence-corrected chi connectivity index (χ0v) is 12.8. The number of hydrogen-bond acceptors (Lipinski definition) is 0. The molecule has 0 amide bonds. The summed E-state index contributed by atoms with van der Waals surface area (Å²) >= 11 is 0. The Morgan fingerprint density at radius 2 is 1.90 bits per heavy atom. The maximum absolute atomic E-state index is 3.21. The van der Waals surface area contributed by atoms with E-state index in [4.69, 9.17) is 0 Å². The van der Waals surface area contributed by atoms with Crippen molar-refractivity contribution in [3.63, 3.8) is 0 Å². The van der Waals surface area contributed by atoms with Gasteiger partial charge in [0.1, 0.15) is 0 Å². The van der Waals surface area contributed by atoms with Crippen LogP contribution >= 0.6 is 0 Å². The molecule has 0 saturated carbocycles. The van der Waals surface area contributed by atoms with E-state index in [-0.39, 0.29) is 0 Å². The van der Waals surface area contributed by atoms with E-state index < -0.39 is 0 Å². The second-order valence-electron chi connectivity index (χ2n) is 5.63. The van der Waals surface area contributed by atoms with Crippen LogP contribution in [0.25, 0.3) is 0 Å². The normalized spacial score (nSPS) is 18.8. The highest BCUT2D eigenvalue weighted by molar-refractivity contribution is 5.47. The summed E-state index contributed by atoms with van der Waals surface area (Å²) in [6.45, 7) is 8.79. The van der Waals surface area contributed by atoms with Crippen LogP contribution in [0.2, 0.25) is 0 Å². The van der Waals surface area contributed by atoms with Gasteiger partial charge in [-0.1, -0.05) is 48.6 Å². The highest BCUT2D eigenvalue weighted by Gasteiger charge is 2.11. The quantitative estimate of drug-likeness (QED) is 0.610. The molecule has 1 aliphatic carbocycles. The molecule has 0 nitrogen and oxygen atoms in total. The Labute approximate surface area is 122 Å². The van der Waals surface area contributed by atoms with Gasteiger partial charge in [-0.2, -0.15) is 0 Å². The van der Waals surface area contributed by atoms with Crippen molar-refractivity contribution in [3.05, 3.63) is 70.3 Å². The van der Waals surface area contributed by atoms with Crippen LogP contribution in [0, 0.1) is 24.7 Å². The fraction of sp³-hybridized carbons (Fsp3) is 0.300. The Kier molecular flexibility index (Phi) is 4.64. The Balaban J connectivity index is 2.14. The number of rotatable bonds is 1. The van der Waals surface area contributed by atoms with Gasteiger partial charge in [0.2, 0.25) is 0 Å². The molecule has 0 fully saturated rings. The molecule has 0 saturated heterocycles. The largest absolute Gasteiger partial charge is 0.0738 e. The molecule has 1 unspecified atom stereocenters. The van der Waals surface area contributed by atoms with Gasteiger partial charge in [-0.25, -0.2) is 0 Å². The van der Waals surface area contributed by atoms with Crippen LogP contribution in [0.15, 0.2) is 59.2 Å². The molecule has 1 atom stereocenters. The second-order valence-corrected chi connectivity index (χ2v) is 5.63. The SMILES string of the molecule is CC1=C(C)C(C=CC#Cc2ccccc2C)=CC(C)C1. The molecule has 1 aromatic rings. The molecular formula is C20H22. The summed E-state index contributed by atoms with van der Waals surface area (Å²) in [6.07, 6.45) is 7.62. The van der Waals surface area contributed by atoms with Crippen LogP contribution in [0.5, 0.6) is 0 Å². The van der Waals surface area contributed by atoms with Crippen LogP contribution in [0.1, 0.15) is 38.3 Å². The Hall–Kier alpha value is -2.00. The number of benzene rings is 1. The molecule has 0 heteroatoms. The van der Waals surface area contributed by atoms with E-state index in [1.165, 1.54) is 28.7 Å². The van der Waals surface area contributed by atoms with E-state index in [0.29, 0.717) is 5.92 Å². The van der Waals surface area contributed by atoms with E-state index in [2.05, 4.69) is 63.8 Å². The van der Waals surface area contributed by atoms with Crippen LogP contribution in [0.3, 0.4) is 0 Å². The van der Waals surface area contributed by atoms with Crippen molar-refractivity contribution < 1.29 is 0 Å². The summed E-state index contributed by atoms with van der Waals surface area (Å²) in [4.78, 5) is 0. The summed E-state index contributed by atoms with van der Waals surface area (Å²) in [5.41, 5.74) is 6.54. The van der Waals surface area contributed by atoms with Crippen LogP contribution < -0.4 is 0 Å². The summed E-state index contributed by atoms with van der Waals surface area (Å²) in [5, 5.41) is 0. The number of aryl methyl sites for hydroxylation is 1. The first kappa shape index (κ1) is 14.4. The fourth-order valence-electron chi connectivity index (χ4n) is 2.52. The lowest BCUT2D eigenvalue weighted by Crippen LogP contribution is -2.02. The van der Waals surface area contributed by atoms with Gasteiger partial charge in [0, 0.05) is 5.56 Å². The first-order valence-corrected chi connectivity index (χ1v) is 7.20. The van der Waals surface area contributed by atoms with Crippen molar-refractivity contribution in [1.29, 1.82) is 0 Å². The van der Waals surface area contributed by atoms with Gasteiger partial charge in [0.05, 0.1) is 0 Å². The minimum absolute atomic E-state index is 0.627. The Bertz CT molecular complexity index is 642. The topological polar surface area (TPSA) is 0 Å². The van der Waals surface area contributed by atoms with Gasteiger partial charge in [0.25, 0.3) is 0 Å². The fourth-order valence-corrected chi connectivity index (χ4v) is 2.52. The Morgan fingerprint density at radius 3 is 2.65 bits per heavy atom. The highest BCUT2D eigenvalue weighted by atomic mass is 14.2. The molecule has 20 heavy (non-hydrogen) atoms. The standard InChI is InChI=1S/C20H22/c1-15-13-17(3)18(4)20(14-15)12-8-7-11-19-10-6-5-9-16(19)2/h5-6,8-10,12,14-15H,13H2,1-4H3. The zero-order chi connectivity index (χ0) is 14.5. The molecule has 1 aliphatic rings. The van der Waals surface area contributed by atoms with Crippen molar-refractivity contribution in [2.75, 3.05) is 0 Å². The number of hydrogen-bond donors (Lipinski definition) is 0. The summed E-state index contributed by atoms with van der Waals surface area (Å²) in [6, 6.07) is 8.23.